The van der Waals surface area contributed by atoms with Gasteiger partial charge in [-0.05, 0) is 65.2 Å². The van der Waals surface area contributed by atoms with E-state index in [0.29, 0.717) is 23.7 Å². The summed E-state index contributed by atoms with van der Waals surface area (Å²) in [5, 5.41) is 15.0. The van der Waals surface area contributed by atoms with Crippen molar-refractivity contribution in [3.63, 3.8) is 0 Å². The molecule has 3 heterocycles. The number of allylic oxidation sites excluding steroid dienone is 2. The quantitative estimate of drug-likeness (QED) is 0.0892. The second kappa shape index (κ2) is 17.3. The maximum Gasteiger partial charge on any atom is 0.162 e. The summed E-state index contributed by atoms with van der Waals surface area (Å²) in [4.78, 5) is 18.4. The number of aryl methyl sites for hydroxylation is 1. The van der Waals surface area contributed by atoms with Crippen LogP contribution in [0.2, 0.25) is 0 Å². The molecule has 283 valence electrons. The van der Waals surface area contributed by atoms with Gasteiger partial charge in [0.2, 0.25) is 0 Å². The number of hydrogen-bond acceptors (Lipinski definition) is 5. The molecule has 3 aromatic carbocycles. The fourth-order valence-electron chi connectivity index (χ4n) is 7.86. The second-order valence-electron chi connectivity index (χ2n) is 16.6. The van der Waals surface area contributed by atoms with E-state index in [-0.39, 0.29) is 48.9 Å². The minimum Gasteiger partial charge on any atom is -0.512 e. The molecule has 53 heavy (non-hydrogen) atoms. The van der Waals surface area contributed by atoms with Crippen molar-refractivity contribution in [2.75, 3.05) is 0 Å². The molecule has 0 saturated carbocycles. The third kappa shape index (κ3) is 9.22. The average molecular weight is 907 g/mol. The zero-order chi connectivity index (χ0) is 38.1. The molecule has 6 rings (SSSR count). The molecule has 0 atom stereocenters. The van der Waals surface area contributed by atoms with Gasteiger partial charge in [0.05, 0.1) is 10.6 Å². The molecule has 4 nitrogen and oxygen atoms in total. The Morgan fingerprint density at radius 1 is 0.830 bits per heavy atom. The van der Waals surface area contributed by atoms with Gasteiger partial charge in [-0.15, -0.1) is 40.5 Å². The van der Waals surface area contributed by atoms with Crippen LogP contribution in [-0.2, 0) is 30.3 Å². The molecule has 0 aliphatic carbocycles. The molecular weight excluding hydrogens is 851 g/mol. The van der Waals surface area contributed by atoms with E-state index in [9.17, 15) is 9.90 Å². The van der Waals surface area contributed by atoms with Crippen LogP contribution in [0.4, 0.5) is 0 Å². The van der Waals surface area contributed by atoms with Crippen LogP contribution >= 0.6 is 11.3 Å². The van der Waals surface area contributed by atoms with Crippen molar-refractivity contribution in [1.29, 1.82) is 0 Å². The summed E-state index contributed by atoms with van der Waals surface area (Å²) in [6.45, 7) is 25.6. The number of pyridine rings is 1. The van der Waals surface area contributed by atoms with Gasteiger partial charge in [0.15, 0.2) is 5.78 Å². The molecule has 0 aliphatic rings. The number of fused-ring (bicyclic) bond motifs is 3. The molecule has 0 spiro atoms. The Morgan fingerprint density at radius 3 is 2.04 bits per heavy atom. The first-order chi connectivity index (χ1) is 24.5. The van der Waals surface area contributed by atoms with Gasteiger partial charge in [-0.25, -0.2) is 0 Å². The first kappa shape index (κ1) is 42.2. The van der Waals surface area contributed by atoms with Crippen LogP contribution < -0.4 is 0 Å². The number of hydrogen-bond donors (Lipinski definition) is 1. The van der Waals surface area contributed by atoms with Gasteiger partial charge in [0.1, 0.15) is 11.3 Å². The van der Waals surface area contributed by atoms with Crippen molar-refractivity contribution >= 4 is 48.9 Å². The number of rotatable bonds is 9. The van der Waals surface area contributed by atoms with Gasteiger partial charge in [-0.2, -0.15) is 0 Å². The molecule has 0 saturated heterocycles. The van der Waals surface area contributed by atoms with Gasteiger partial charge < -0.3 is 9.52 Å². The Balaban J connectivity index is 0.000000272. The number of nitrogens with zero attached hydrogens (tertiary/aromatic N) is 1. The average Bonchev–Trinajstić information content (AvgIpc) is 3.64. The predicted molar refractivity (Wildman–Crippen MR) is 222 cm³/mol. The number of benzene rings is 3. The fraction of sp³-hybridized carbons (Fsp3) is 0.404. The monoisotopic (exact) mass is 907 g/mol. The number of furan rings is 1. The summed E-state index contributed by atoms with van der Waals surface area (Å²) >= 11 is 1.76. The van der Waals surface area contributed by atoms with Crippen LogP contribution in [0.1, 0.15) is 87.3 Å². The van der Waals surface area contributed by atoms with E-state index in [1.54, 1.807) is 11.3 Å². The predicted octanol–water partition coefficient (Wildman–Crippen LogP) is 13.8. The minimum absolute atomic E-state index is 0. The number of carbonyl (C=O) groups is 1. The largest absolute Gasteiger partial charge is 0.512 e. The molecule has 0 bridgehead atoms. The molecule has 6 aromatic rings. The number of para-hydroxylation sites is 1. The van der Waals surface area contributed by atoms with E-state index < -0.39 is 0 Å². The number of aromatic nitrogens is 1. The molecule has 0 aliphatic heterocycles. The van der Waals surface area contributed by atoms with Gasteiger partial charge in [-0.3, -0.25) is 9.78 Å². The maximum absolute atomic E-state index is 12.3. The van der Waals surface area contributed by atoms with Crippen molar-refractivity contribution in [2.45, 2.75) is 88.5 Å². The molecule has 3 aromatic heterocycles. The van der Waals surface area contributed by atoms with Crippen LogP contribution in [0.15, 0.2) is 89.2 Å². The third-order valence-electron chi connectivity index (χ3n) is 10.2. The summed E-state index contributed by atoms with van der Waals surface area (Å²) in [6, 6.07) is 26.9. The Kier molecular flexibility index (Phi) is 13.7. The molecular formula is C47H56IrNO3S-. The normalized spacial score (nSPS) is 12.5. The summed E-state index contributed by atoms with van der Waals surface area (Å²) in [5.74, 6) is 2.54. The van der Waals surface area contributed by atoms with E-state index >= 15 is 0 Å². The zero-order valence-corrected chi connectivity index (χ0v) is 36.6. The van der Waals surface area contributed by atoms with Crippen LogP contribution in [0.5, 0.6) is 0 Å². The van der Waals surface area contributed by atoms with Crippen molar-refractivity contribution < 1.29 is 34.4 Å². The van der Waals surface area contributed by atoms with Gasteiger partial charge >= 0.3 is 0 Å². The van der Waals surface area contributed by atoms with E-state index in [2.05, 4.69) is 138 Å². The summed E-state index contributed by atoms with van der Waals surface area (Å²) in [5.41, 5.74) is 5.51. The molecule has 0 amide bonds. The van der Waals surface area contributed by atoms with Gasteiger partial charge in [-0.1, -0.05) is 124 Å². The number of carbonyl (C=O) groups excluding carboxylic acids is 1. The van der Waals surface area contributed by atoms with E-state index in [4.69, 9.17) is 9.40 Å². The van der Waals surface area contributed by atoms with Gasteiger partial charge in [0, 0.05) is 60.0 Å². The topological polar surface area (TPSA) is 63.3 Å². The van der Waals surface area contributed by atoms with Crippen molar-refractivity contribution in [1.82, 2.24) is 4.98 Å². The van der Waals surface area contributed by atoms with Gasteiger partial charge in [0.25, 0.3) is 0 Å². The standard InChI is InChI=1S/C30H24NOS.C17H32O2.Ir/c1-18-22-13-14-31-27(21-15-19-9-5-7-11-23(19)24(16-21)30(2,3)4)29(22)33-28(18)26-17-20-10-6-8-12-25(20)32-26;1-10(2)16(11(3)4)14(18)9-15(19)17(12(5)6)13(7)8;/h5-14,16-17H,1-4H3;9-13,16-18H,1-8H3;/q-1;;/b;14-9-;. The maximum atomic E-state index is 12.3. The van der Waals surface area contributed by atoms with E-state index in [1.807, 2.05) is 24.4 Å². The molecule has 1 radical (unpaired) electrons. The summed E-state index contributed by atoms with van der Waals surface area (Å²) < 4.78 is 7.39. The second-order valence-corrected chi connectivity index (χ2v) is 17.7. The van der Waals surface area contributed by atoms with Crippen molar-refractivity contribution in [3.8, 4) is 21.9 Å². The summed E-state index contributed by atoms with van der Waals surface area (Å²) in [7, 11) is 0. The molecule has 1 N–H and O–H groups in total. The number of thiophene rings is 1. The molecule has 0 fully saturated rings. The molecule has 0 unspecified atom stereocenters. The minimum atomic E-state index is -0.0119. The number of aliphatic hydroxyl groups excluding tert-OH is 1. The van der Waals surface area contributed by atoms with Crippen LogP contribution in [-0.4, -0.2) is 15.9 Å². The first-order valence-electron chi connectivity index (χ1n) is 18.8. The first-order valence-corrected chi connectivity index (χ1v) is 19.6. The SMILES string of the molecule is CC(C)C(C(=O)/C=C(\O)C(C(C)C)C(C)C)C(C)C.Cc1c(-c2cc3ccccc3o2)sc2c(-c3[c-]c4ccccc4c(C(C)(C)C)c3)nccc12.[Ir]. The zero-order valence-electron chi connectivity index (χ0n) is 33.4. The Bertz CT molecular complexity index is 2160. The van der Waals surface area contributed by atoms with Crippen LogP contribution in [0.3, 0.4) is 0 Å². The number of aliphatic hydroxyl groups is 1. The number of ketones is 1. The Morgan fingerprint density at radius 2 is 1.43 bits per heavy atom. The molecule has 6 heteroatoms. The Labute approximate surface area is 334 Å². The Hall–Kier alpha value is -3.57. The fourth-order valence-corrected chi connectivity index (χ4v) is 9.12. The van der Waals surface area contributed by atoms with Crippen LogP contribution in [0, 0.1) is 48.5 Å². The van der Waals surface area contributed by atoms with E-state index in [1.165, 1.54) is 32.7 Å². The van der Waals surface area contributed by atoms with Crippen LogP contribution in [0.25, 0.3) is 53.7 Å². The smallest absolute Gasteiger partial charge is 0.162 e. The third-order valence-corrected chi connectivity index (χ3v) is 11.5. The van der Waals surface area contributed by atoms with Crippen molar-refractivity contribution in [2.24, 2.45) is 35.5 Å². The van der Waals surface area contributed by atoms with E-state index in [0.717, 1.165) is 38.3 Å². The van der Waals surface area contributed by atoms with Crippen molar-refractivity contribution in [3.05, 3.63) is 102 Å². The summed E-state index contributed by atoms with van der Waals surface area (Å²) in [6.07, 6.45) is 3.40.